The van der Waals surface area contributed by atoms with E-state index >= 15 is 4.39 Å². The highest BCUT2D eigenvalue weighted by Gasteiger charge is 2.62. The number of anilines is 1. The summed E-state index contributed by atoms with van der Waals surface area (Å²) in [6.45, 7) is 6.79. The Bertz CT molecular complexity index is 1970. The molecule has 2 heterocycles. The van der Waals surface area contributed by atoms with Crippen LogP contribution in [0.15, 0.2) is 36.4 Å². The maximum absolute atomic E-state index is 15.1. The molecule has 1 unspecified atom stereocenters. The number of sulfonamides is 1. The van der Waals surface area contributed by atoms with Gasteiger partial charge in [0.2, 0.25) is 21.8 Å². The molecule has 12 nitrogen and oxygen atoms in total. The van der Waals surface area contributed by atoms with Crippen molar-refractivity contribution in [1.29, 1.82) is 0 Å². The van der Waals surface area contributed by atoms with Gasteiger partial charge in [-0.1, -0.05) is 57.8 Å². The van der Waals surface area contributed by atoms with Crippen molar-refractivity contribution in [2.24, 2.45) is 11.3 Å². The molecule has 4 aliphatic rings. The first kappa shape index (κ1) is 39.6. The molecule has 0 bridgehead atoms. The molecule has 5 atom stereocenters. The van der Waals surface area contributed by atoms with Crippen molar-refractivity contribution >= 4 is 51.1 Å². The first-order valence-corrected chi connectivity index (χ1v) is 19.6. The predicted molar refractivity (Wildman–Crippen MR) is 189 cm³/mol. The number of carbonyl (C=O) groups excluding carboxylic acids is 4. The zero-order valence-corrected chi connectivity index (χ0v) is 31.6. The second-order valence-electron chi connectivity index (χ2n) is 15.6. The van der Waals surface area contributed by atoms with Crippen LogP contribution in [0.25, 0.3) is 0 Å². The van der Waals surface area contributed by atoms with Gasteiger partial charge < -0.3 is 20.3 Å². The average Bonchev–Trinajstić information content (AvgIpc) is 3.97. The summed E-state index contributed by atoms with van der Waals surface area (Å²) in [6, 6.07) is 4.49. The van der Waals surface area contributed by atoms with Crippen LogP contribution in [0.5, 0.6) is 0 Å². The van der Waals surface area contributed by atoms with Crippen LogP contribution in [0.2, 0.25) is 5.02 Å². The molecular formula is C36H42ClF4N5O7S. The third-order valence-corrected chi connectivity index (χ3v) is 12.7. The van der Waals surface area contributed by atoms with E-state index in [4.69, 9.17) is 16.3 Å². The fraction of sp³-hybridized carbons (Fsp3) is 0.556. The van der Waals surface area contributed by atoms with E-state index in [1.807, 2.05) is 6.07 Å². The number of hydrogen-bond donors (Lipinski definition) is 3. The van der Waals surface area contributed by atoms with E-state index in [0.717, 1.165) is 22.1 Å². The summed E-state index contributed by atoms with van der Waals surface area (Å²) in [7, 11) is -3.95. The lowest BCUT2D eigenvalue weighted by molar-refractivity contribution is -0.141. The number of amides is 4. The van der Waals surface area contributed by atoms with Gasteiger partial charge in [0.1, 0.15) is 29.5 Å². The first-order valence-electron chi connectivity index (χ1n) is 17.7. The van der Waals surface area contributed by atoms with Gasteiger partial charge in [-0.2, -0.15) is 13.2 Å². The maximum atomic E-state index is 15.1. The van der Waals surface area contributed by atoms with E-state index in [9.17, 15) is 40.8 Å². The van der Waals surface area contributed by atoms with Gasteiger partial charge in [0.05, 0.1) is 29.6 Å². The van der Waals surface area contributed by atoms with Crippen LogP contribution in [-0.4, -0.2) is 77.6 Å². The molecule has 3 N–H and O–H groups in total. The zero-order valence-electron chi connectivity index (χ0n) is 30.1. The number of hydrogen-bond acceptors (Lipinski definition) is 8. The Kier molecular flexibility index (Phi) is 10.4. The minimum absolute atomic E-state index is 0.151. The Morgan fingerprint density at radius 1 is 1.07 bits per heavy atom. The van der Waals surface area contributed by atoms with Crippen LogP contribution in [0, 0.1) is 17.2 Å². The molecule has 2 aliphatic heterocycles. The summed E-state index contributed by atoms with van der Waals surface area (Å²) in [5.74, 6) is -4.09. The van der Waals surface area contributed by atoms with Crippen LogP contribution >= 0.6 is 11.6 Å². The molecule has 6 rings (SSSR count). The number of alkyl halides is 3. The summed E-state index contributed by atoms with van der Waals surface area (Å²) < 4.78 is 88.1. The number of fused-ring (bicyclic) bond motifs is 1. The Morgan fingerprint density at radius 2 is 1.78 bits per heavy atom. The summed E-state index contributed by atoms with van der Waals surface area (Å²) in [5.41, 5.74) is -2.59. The predicted octanol–water partition coefficient (Wildman–Crippen LogP) is 5.34. The molecule has 1 saturated heterocycles. The van der Waals surface area contributed by atoms with Gasteiger partial charge in [-0.3, -0.25) is 24.0 Å². The van der Waals surface area contributed by atoms with E-state index in [1.54, 1.807) is 39.8 Å². The molecule has 54 heavy (non-hydrogen) atoms. The Hall–Kier alpha value is -4.12. The first-order chi connectivity index (χ1) is 25.1. The number of carbonyl (C=O) groups is 4. The highest BCUT2D eigenvalue weighted by Crippen LogP contribution is 2.47. The van der Waals surface area contributed by atoms with Crippen molar-refractivity contribution in [3.63, 3.8) is 0 Å². The second-order valence-corrected chi connectivity index (χ2v) is 17.9. The minimum Gasteiger partial charge on any atom is -0.444 e. The molecule has 0 spiro atoms. The van der Waals surface area contributed by atoms with Crippen LogP contribution in [0.1, 0.15) is 76.5 Å². The molecule has 294 valence electrons. The number of nitrogens with one attached hydrogen (secondary N) is 3. The number of benzene rings is 2. The van der Waals surface area contributed by atoms with Gasteiger partial charge >= 0.3 is 12.3 Å². The Labute approximate surface area is 315 Å². The van der Waals surface area contributed by atoms with Crippen LogP contribution in [0.4, 0.5) is 28.0 Å². The Morgan fingerprint density at radius 3 is 2.35 bits per heavy atom. The standard InChI is InChI=1S/C36H42ClF4N5O7S/c1-5-20-15-35(20,32(49)44-54(51,52)23-10-11-23)43-30(47)28-14-22(53-33(50)45-16-19-7-6-8-25(37)24(19)18-45)17-46(28)31(48)29(34(2,3)4)42-27-12-9-21(13-26(27)38)36(39,40)41/h6-9,12-13,20,22-23,28-29,42H,5,10-11,14-18H2,1-4H3,(H,43,47)(H,44,49)/t20-,22?,28-,29+,35+/m0/s1. The quantitative estimate of drug-likeness (QED) is 0.273. The third kappa shape index (κ3) is 7.97. The van der Waals surface area contributed by atoms with Crippen molar-refractivity contribution in [3.8, 4) is 0 Å². The van der Waals surface area contributed by atoms with E-state index < -0.39 is 91.7 Å². The van der Waals surface area contributed by atoms with Crippen molar-refractivity contribution in [1.82, 2.24) is 19.8 Å². The molecule has 2 aromatic rings. The molecule has 18 heteroatoms. The van der Waals surface area contributed by atoms with Gasteiger partial charge in [-0.15, -0.1) is 0 Å². The van der Waals surface area contributed by atoms with E-state index in [2.05, 4.69) is 15.4 Å². The largest absolute Gasteiger partial charge is 0.444 e. The normalized spacial score (nSPS) is 24.4. The molecule has 2 aromatic carbocycles. The van der Waals surface area contributed by atoms with Gasteiger partial charge in [0.15, 0.2) is 0 Å². The molecule has 0 aromatic heterocycles. The summed E-state index contributed by atoms with van der Waals surface area (Å²) in [6.07, 6.45) is -5.36. The smallest absolute Gasteiger partial charge is 0.416 e. The molecule has 2 saturated carbocycles. The number of ether oxygens (including phenoxy) is 1. The van der Waals surface area contributed by atoms with E-state index in [0.29, 0.717) is 36.4 Å². The van der Waals surface area contributed by atoms with E-state index in [-0.39, 0.29) is 38.2 Å². The summed E-state index contributed by atoms with van der Waals surface area (Å²) >= 11 is 6.33. The topological polar surface area (TPSA) is 154 Å². The van der Waals surface area contributed by atoms with Crippen LogP contribution < -0.4 is 15.4 Å². The lowest BCUT2D eigenvalue weighted by Gasteiger charge is -2.36. The van der Waals surface area contributed by atoms with Gasteiger partial charge in [-0.05, 0) is 66.0 Å². The van der Waals surface area contributed by atoms with Crippen LogP contribution in [-0.2, 0) is 48.4 Å². The number of halogens is 5. The van der Waals surface area contributed by atoms with E-state index in [1.165, 1.54) is 4.90 Å². The zero-order chi connectivity index (χ0) is 39.5. The summed E-state index contributed by atoms with van der Waals surface area (Å²) in [5, 5.41) is 5.24. The average molecular weight is 800 g/mol. The van der Waals surface area contributed by atoms with Crippen molar-refractivity contribution in [2.45, 2.75) is 108 Å². The van der Waals surface area contributed by atoms with Gasteiger partial charge in [0, 0.05) is 18.0 Å². The number of likely N-dealkylation sites (tertiary alicyclic amines) is 1. The van der Waals surface area contributed by atoms with Gasteiger partial charge in [-0.25, -0.2) is 17.6 Å². The van der Waals surface area contributed by atoms with Crippen LogP contribution in [0.3, 0.4) is 0 Å². The van der Waals surface area contributed by atoms with Gasteiger partial charge in [0.25, 0.3) is 5.91 Å². The lowest BCUT2D eigenvalue weighted by atomic mass is 9.85. The lowest BCUT2D eigenvalue weighted by Crippen LogP contribution is -2.58. The molecule has 3 fully saturated rings. The monoisotopic (exact) mass is 799 g/mol. The highest BCUT2D eigenvalue weighted by molar-refractivity contribution is 7.91. The SMILES string of the molecule is CC[C@H]1C[C@]1(NC(=O)[C@@H]1CC(OC(=O)N2Cc3cccc(Cl)c3C2)CN1C(=O)[C@@H](Nc1ccc(C(F)(F)F)cc1F)C(C)(C)C)C(=O)NS(=O)(=O)C1CC1. The molecule has 2 aliphatic carbocycles. The number of nitrogens with zero attached hydrogens (tertiary/aromatic N) is 2. The third-order valence-electron chi connectivity index (χ3n) is 10.6. The Balaban J connectivity index is 1.26. The highest BCUT2D eigenvalue weighted by atomic mass is 35.5. The van der Waals surface area contributed by atoms with Crippen molar-refractivity contribution in [3.05, 3.63) is 63.9 Å². The molecular weight excluding hydrogens is 758 g/mol. The molecule has 0 radical (unpaired) electrons. The fourth-order valence-corrected chi connectivity index (χ4v) is 8.79. The summed E-state index contributed by atoms with van der Waals surface area (Å²) in [4.78, 5) is 58.1. The fourth-order valence-electron chi connectivity index (χ4n) is 7.18. The van der Waals surface area contributed by atoms with Crippen molar-refractivity contribution in [2.75, 3.05) is 11.9 Å². The minimum atomic E-state index is -4.81. The molecule has 4 amide bonds. The van der Waals surface area contributed by atoms with Crippen molar-refractivity contribution < 1.29 is 49.9 Å². The maximum Gasteiger partial charge on any atom is 0.416 e. The number of rotatable bonds is 10. The second kappa shape index (κ2) is 14.2.